The third-order valence-corrected chi connectivity index (χ3v) is 2.03. The van der Waals surface area contributed by atoms with Crippen molar-refractivity contribution in [3.05, 3.63) is 63.2 Å². The molecule has 6 heteroatoms. The Balaban J connectivity index is 0.00000128. The molecular weight excluding hydrogens is 230 g/mol. The summed E-state index contributed by atoms with van der Waals surface area (Å²) in [6.07, 6.45) is 5.14. The van der Waals surface area contributed by atoms with Gasteiger partial charge in [-0.3, -0.25) is 9.78 Å². The van der Waals surface area contributed by atoms with Gasteiger partial charge in [0.25, 0.3) is 5.56 Å². The zero-order chi connectivity index (χ0) is 10.7. The second-order valence-corrected chi connectivity index (χ2v) is 3.14. The molecule has 0 saturated heterocycles. The summed E-state index contributed by atoms with van der Waals surface area (Å²) >= 11 is 0. The van der Waals surface area contributed by atoms with Gasteiger partial charge in [-0.1, -0.05) is 6.07 Å². The molecule has 0 bridgehead atoms. The zero-order valence-electron chi connectivity index (χ0n) is 8.31. The SMILES string of the molecule is O=c1[nH]cc(C[n+]2ccccc2)c(=O)[nH]1.[Cl-]. The Bertz CT molecular complexity index is 562. The Morgan fingerprint density at radius 3 is 2.44 bits per heavy atom. The molecule has 2 rings (SSSR count). The smallest absolute Gasteiger partial charge is 0.325 e. The van der Waals surface area contributed by atoms with E-state index in [-0.39, 0.29) is 18.0 Å². The highest BCUT2D eigenvalue weighted by molar-refractivity contribution is 5.01. The first-order valence-corrected chi connectivity index (χ1v) is 4.51. The van der Waals surface area contributed by atoms with Crippen LogP contribution in [-0.4, -0.2) is 9.97 Å². The van der Waals surface area contributed by atoms with E-state index in [9.17, 15) is 9.59 Å². The maximum Gasteiger partial charge on any atom is 0.325 e. The lowest BCUT2D eigenvalue weighted by molar-refractivity contribution is -0.688. The summed E-state index contributed by atoms with van der Waals surface area (Å²) < 4.78 is 1.85. The van der Waals surface area contributed by atoms with E-state index in [0.29, 0.717) is 12.1 Å². The van der Waals surface area contributed by atoms with Crippen LogP contribution in [0, 0.1) is 0 Å². The molecule has 5 nitrogen and oxygen atoms in total. The highest BCUT2D eigenvalue weighted by atomic mass is 35.5. The Morgan fingerprint density at radius 2 is 1.81 bits per heavy atom. The minimum absolute atomic E-state index is 0. The van der Waals surface area contributed by atoms with Gasteiger partial charge in [0.05, 0.1) is 5.56 Å². The lowest BCUT2D eigenvalue weighted by atomic mass is 10.3. The van der Waals surface area contributed by atoms with Crippen LogP contribution in [0.25, 0.3) is 0 Å². The first kappa shape index (κ1) is 12.2. The van der Waals surface area contributed by atoms with Gasteiger partial charge in [0.15, 0.2) is 18.9 Å². The van der Waals surface area contributed by atoms with E-state index in [1.54, 1.807) is 0 Å². The number of hydrogen-bond acceptors (Lipinski definition) is 2. The fourth-order valence-electron chi connectivity index (χ4n) is 1.29. The third-order valence-electron chi connectivity index (χ3n) is 2.03. The van der Waals surface area contributed by atoms with Crippen molar-refractivity contribution < 1.29 is 17.0 Å². The lowest BCUT2D eigenvalue weighted by Crippen LogP contribution is -3.00. The van der Waals surface area contributed by atoms with Gasteiger partial charge in [-0.25, -0.2) is 9.36 Å². The topological polar surface area (TPSA) is 69.6 Å². The Labute approximate surface area is 97.2 Å². The third kappa shape index (κ3) is 2.80. The second kappa shape index (κ2) is 5.27. The fraction of sp³-hybridized carbons (Fsp3) is 0.100. The minimum atomic E-state index is -0.484. The molecule has 0 saturated carbocycles. The monoisotopic (exact) mass is 239 g/mol. The van der Waals surface area contributed by atoms with Crippen molar-refractivity contribution in [2.45, 2.75) is 6.54 Å². The number of nitrogens with one attached hydrogen (secondary N) is 2. The largest absolute Gasteiger partial charge is 1.00 e. The maximum atomic E-state index is 11.4. The normalized spacial score (nSPS) is 9.50. The summed E-state index contributed by atoms with van der Waals surface area (Å²) in [6, 6.07) is 5.65. The summed E-state index contributed by atoms with van der Waals surface area (Å²) in [4.78, 5) is 26.7. The van der Waals surface area contributed by atoms with Gasteiger partial charge in [-0.2, -0.15) is 0 Å². The zero-order valence-corrected chi connectivity index (χ0v) is 9.07. The van der Waals surface area contributed by atoms with Crippen molar-refractivity contribution in [2.75, 3.05) is 0 Å². The molecule has 16 heavy (non-hydrogen) atoms. The van der Waals surface area contributed by atoms with Crippen LogP contribution in [0.15, 0.2) is 46.4 Å². The Hall–Kier alpha value is -1.88. The van der Waals surface area contributed by atoms with E-state index in [0.717, 1.165) is 0 Å². The highest BCUT2D eigenvalue weighted by Gasteiger charge is 2.05. The van der Waals surface area contributed by atoms with Crippen LogP contribution < -0.4 is 28.2 Å². The van der Waals surface area contributed by atoms with Crippen molar-refractivity contribution in [1.29, 1.82) is 0 Å². The summed E-state index contributed by atoms with van der Waals surface area (Å²) in [6.45, 7) is 0.437. The highest BCUT2D eigenvalue weighted by Crippen LogP contribution is 1.84. The van der Waals surface area contributed by atoms with Gasteiger partial charge >= 0.3 is 5.69 Å². The van der Waals surface area contributed by atoms with Crippen LogP contribution >= 0.6 is 0 Å². The van der Waals surface area contributed by atoms with Crippen molar-refractivity contribution in [2.24, 2.45) is 0 Å². The molecule has 2 aromatic heterocycles. The fourth-order valence-corrected chi connectivity index (χ4v) is 1.29. The summed E-state index contributed by atoms with van der Waals surface area (Å²) in [7, 11) is 0. The van der Waals surface area contributed by atoms with Crippen molar-refractivity contribution in [3.8, 4) is 0 Å². The molecule has 2 N–H and O–H groups in total. The molecule has 0 spiro atoms. The molecule has 0 aliphatic rings. The van der Waals surface area contributed by atoms with Gasteiger partial charge in [0.1, 0.15) is 0 Å². The average molecular weight is 240 g/mol. The molecule has 0 unspecified atom stereocenters. The number of pyridine rings is 1. The molecule has 0 amide bonds. The molecule has 2 aromatic rings. The molecule has 2 heterocycles. The second-order valence-electron chi connectivity index (χ2n) is 3.14. The number of aromatic nitrogens is 3. The van der Waals surface area contributed by atoms with E-state index in [2.05, 4.69) is 9.97 Å². The molecule has 0 fully saturated rings. The predicted molar refractivity (Wildman–Crippen MR) is 53.4 cm³/mol. The van der Waals surface area contributed by atoms with Crippen molar-refractivity contribution in [1.82, 2.24) is 9.97 Å². The molecule has 0 aliphatic heterocycles. The van der Waals surface area contributed by atoms with E-state index >= 15 is 0 Å². The Kier molecular flexibility index (Phi) is 4.02. The molecule has 84 valence electrons. The van der Waals surface area contributed by atoms with Crippen molar-refractivity contribution in [3.63, 3.8) is 0 Å². The van der Waals surface area contributed by atoms with Crippen molar-refractivity contribution >= 4 is 0 Å². The first-order chi connectivity index (χ1) is 7.25. The number of rotatable bonds is 2. The molecule has 0 atom stereocenters. The van der Waals surface area contributed by atoms with Crippen LogP contribution in [-0.2, 0) is 6.54 Å². The quantitative estimate of drug-likeness (QED) is 0.532. The lowest BCUT2D eigenvalue weighted by Gasteiger charge is -1.94. The minimum Gasteiger partial charge on any atom is -1.00 e. The maximum absolute atomic E-state index is 11.4. The van der Waals surface area contributed by atoms with Gasteiger partial charge in [0.2, 0.25) is 0 Å². The molecule has 0 aromatic carbocycles. The van der Waals surface area contributed by atoms with E-state index in [4.69, 9.17) is 0 Å². The van der Waals surface area contributed by atoms with E-state index in [1.165, 1.54) is 6.20 Å². The van der Waals surface area contributed by atoms with Gasteiger partial charge in [-0.05, 0) is 0 Å². The number of aromatic amines is 2. The van der Waals surface area contributed by atoms with E-state index < -0.39 is 5.69 Å². The van der Waals surface area contributed by atoms with Crippen LogP contribution in [0.5, 0.6) is 0 Å². The molecule has 0 radical (unpaired) electrons. The van der Waals surface area contributed by atoms with Crippen LogP contribution in [0.3, 0.4) is 0 Å². The van der Waals surface area contributed by atoms with Gasteiger partial charge in [-0.15, -0.1) is 0 Å². The average Bonchev–Trinajstić information content (AvgIpc) is 2.24. The number of nitrogens with zero attached hydrogens (tertiary/aromatic N) is 1. The summed E-state index contributed by atoms with van der Waals surface area (Å²) in [5, 5.41) is 0. The summed E-state index contributed by atoms with van der Waals surface area (Å²) in [5.74, 6) is 0. The van der Waals surface area contributed by atoms with Crippen LogP contribution in [0.1, 0.15) is 5.56 Å². The van der Waals surface area contributed by atoms with Gasteiger partial charge in [0, 0.05) is 18.3 Å². The van der Waals surface area contributed by atoms with Crippen LogP contribution in [0.2, 0.25) is 0 Å². The molecular formula is C10H10ClN3O2. The Morgan fingerprint density at radius 1 is 1.12 bits per heavy atom. The predicted octanol–water partition coefficient (Wildman–Crippen LogP) is -3.60. The van der Waals surface area contributed by atoms with Gasteiger partial charge < -0.3 is 17.4 Å². The molecule has 0 aliphatic carbocycles. The number of halogens is 1. The number of H-pyrrole nitrogens is 2. The van der Waals surface area contributed by atoms with E-state index in [1.807, 2.05) is 35.2 Å². The van der Waals surface area contributed by atoms with Crippen LogP contribution in [0.4, 0.5) is 0 Å². The number of hydrogen-bond donors (Lipinski definition) is 2. The standard InChI is InChI=1S/C10H9N3O2.ClH/c14-9-8(6-11-10(15)12-9)7-13-4-2-1-3-5-13;/h1-6H,7H2,(H-,11,12,14,15);1H. The summed E-state index contributed by atoms with van der Waals surface area (Å²) in [5.41, 5.74) is -0.317. The first-order valence-electron chi connectivity index (χ1n) is 4.51.